The average molecular weight is 185 g/mol. The molecule has 0 rings (SSSR count). The summed E-state index contributed by atoms with van der Waals surface area (Å²) >= 11 is 0. The van der Waals surface area contributed by atoms with Crippen LogP contribution in [0, 0.1) is 11.8 Å². The lowest BCUT2D eigenvalue weighted by molar-refractivity contribution is -0.138. The van der Waals surface area contributed by atoms with Gasteiger partial charge in [-0.1, -0.05) is 19.1 Å². The van der Waals surface area contributed by atoms with E-state index in [-0.39, 0.29) is 12.3 Å². The molecule has 0 bridgehead atoms. The van der Waals surface area contributed by atoms with E-state index in [1.807, 2.05) is 13.0 Å². The molecule has 0 fully saturated rings. The van der Waals surface area contributed by atoms with Crippen LogP contribution in [0.15, 0.2) is 12.2 Å². The number of aliphatic carboxylic acids is 1. The standard InChI is InChI=1S/C10H19NO2/c1-3-4-8(2)5-9(7-11)6-10(12)13/h3-4,8-9H,5-7,11H2,1-2H3,(H,12,13)/b4-3+. The van der Waals surface area contributed by atoms with Crippen molar-refractivity contribution in [2.45, 2.75) is 26.7 Å². The summed E-state index contributed by atoms with van der Waals surface area (Å²) in [5.74, 6) is -0.246. The summed E-state index contributed by atoms with van der Waals surface area (Å²) < 4.78 is 0. The Morgan fingerprint density at radius 1 is 1.62 bits per heavy atom. The van der Waals surface area contributed by atoms with Crippen LogP contribution in [0.1, 0.15) is 26.7 Å². The molecule has 2 unspecified atom stereocenters. The van der Waals surface area contributed by atoms with E-state index in [1.165, 1.54) is 0 Å². The van der Waals surface area contributed by atoms with E-state index in [9.17, 15) is 4.79 Å². The molecule has 3 N–H and O–H groups in total. The molecule has 0 aliphatic heterocycles. The van der Waals surface area contributed by atoms with E-state index >= 15 is 0 Å². The molecule has 0 amide bonds. The van der Waals surface area contributed by atoms with E-state index in [0.717, 1.165) is 6.42 Å². The SMILES string of the molecule is C/C=C/C(C)CC(CN)CC(=O)O. The third kappa shape index (κ3) is 6.34. The topological polar surface area (TPSA) is 63.3 Å². The Balaban J connectivity index is 3.89. The first-order valence-electron chi connectivity index (χ1n) is 4.64. The highest BCUT2D eigenvalue weighted by Gasteiger charge is 2.13. The first-order valence-corrected chi connectivity index (χ1v) is 4.64. The Morgan fingerprint density at radius 2 is 2.23 bits per heavy atom. The summed E-state index contributed by atoms with van der Waals surface area (Å²) in [6.45, 7) is 4.49. The van der Waals surface area contributed by atoms with Gasteiger partial charge in [-0.05, 0) is 31.7 Å². The van der Waals surface area contributed by atoms with Crippen LogP contribution in [0.3, 0.4) is 0 Å². The van der Waals surface area contributed by atoms with Crippen molar-refractivity contribution in [3.05, 3.63) is 12.2 Å². The predicted molar refractivity (Wildman–Crippen MR) is 53.4 cm³/mol. The molecular weight excluding hydrogens is 166 g/mol. The molecule has 3 heteroatoms. The Kier molecular flexibility index (Phi) is 6.24. The lowest BCUT2D eigenvalue weighted by Crippen LogP contribution is -2.19. The highest BCUT2D eigenvalue weighted by Crippen LogP contribution is 2.15. The van der Waals surface area contributed by atoms with Gasteiger partial charge in [0.15, 0.2) is 0 Å². The van der Waals surface area contributed by atoms with E-state index in [2.05, 4.69) is 13.0 Å². The van der Waals surface area contributed by atoms with Gasteiger partial charge in [0, 0.05) is 6.42 Å². The summed E-state index contributed by atoms with van der Waals surface area (Å²) in [5, 5.41) is 8.58. The van der Waals surface area contributed by atoms with Crippen LogP contribution in [-0.4, -0.2) is 17.6 Å². The molecule has 76 valence electrons. The summed E-state index contributed by atoms with van der Waals surface area (Å²) in [5.41, 5.74) is 5.48. The number of carboxylic acids is 1. The molecule has 0 spiro atoms. The van der Waals surface area contributed by atoms with Crippen LogP contribution in [0.25, 0.3) is 0 Å². The first kappa shape index (κ1) is 12.2. The number of carboxylic acid groups (broad SMARTS) is 1. The smallest absolute Gasteiger partial charge is 0.303 e. The largest absolute Gasteiger partial charge is 0.481 e. The minimum Gasteiger partial charge on any atom is -0.481 e. The molecule has 0 aromatic rings. The monoisotopic (exact) mass is 185 g/mol. The molecule has 3 nitrogen and oxygen atoms in total. The number of nitrogens with two attached hydrogens (primary N) is 1. The molecule has 0 aromatic carbocycles. The summed E-state index contributed by atoms with van der Waals surface area (Å²) in [4.78, 5) is 10.4. The number of hydrogen-bond acceptors (Lipinski definition) is 2. The summed E-state index contributed by atoms with van der Waals surface area (Å²) in [6, 6.07) is 0. The minimum atomic E-state index is -0.761. The van der Waals surface area contributed by atoms with Crippen molar-refractivity contribution >= 4 is 5.97 Å². The van der Waals surface area contributed by atoms with Crippen molar-refractivity contribution in [1.82, 2.24) is 0 Å². The fourth-order valence-corrected chi connectivity index (χ4v) is 1.44. The van der Waals surface area contributed by atoms with Crippen LogP contribution >= 0.6 is 0 Å². The number of rotatable bonds is 6. The van der Waals surface area contributed by atoms with Crippen molar-refractivity contribution in [1.29, 1.82) is 0 Å². The summed E-state index contributed by atoms with van der Waals surface area (Å²) in [6.07, 6.45) is 5.09. The maximum absolute atomic E-state index is 10.4. The second kappa shape index (κ2) is 6.66. The van der Waals surface area contributed by atoms with Crippen molar-refractivity contribution in [2.24, 2.45) is 17.6 Å². The lowest BCUT2D eigenvalue weighted by Gasteiger charge is -2.14. The maximum atomic E-state index is 10.4. The van der Waals surface area contributed by atoms with Gasteiger partial charge >= 0.3 is 5.97 Å². The number of hydrogen-bond donors (Lipinski definition) is 2. The Bertz CT molecular complexity index is 178. The van der Waals surface area contributed by atoms with Crippen molar-refractivity contribution < 1.29 is 9.90 Å². The maximum Gasteiger partial charge on any atom is 0.303 e. The molecule has 0 saturated heterocycles. The number of allylic oxidation sites excluding steroid dienone is 2. The molecule has 2 atom stereocenters. The second-order valence-corrected chi connectivity index (χ2v) is 3.44. The first-order chi connectivity index (χ1) is 6.10. The van der Waals surface area contributed by atoms with Gasteiger partial charge in [0.2, 0.25) is 0 Å². The highest BCUT2D eigenvalue weighted by atomic mass is 16.4. The van der Waals surface area contributed by atoms with Gasteiger partial charge in [-0.25, -0.2) is 0 Å². The third-order valence-corrected chi connectivity index (χ3v) is 2.02. The minimum absolute atomic E-state index is 0.101. The van der Waals surface area contributed by atoms with Crippen molar-refractivity contribution in [3.63, 3.8) is 0 Å². The highest BCUT2D eigenvalue weighted by molar-refractivity contribution is 5.67. The quantitative estimate of drug-likeness (QED) is 0.618. The zero-order valence-corrected chi connectivity index (χ0v) is 8.36. The Morgan fingerprint density at radius 3 is 2.62 bits per heavy atom. The normalized spacial score (nSPS) is 15.9. The van der Waals surface area contributed by atoms with Crippen molar-refractivity contribution in [2.75, 3.05) is 6.54 Å². The molecule has 0 radical (unpaired) electrons. The second-order valence-electron chi connectivity index (χ2n) is 3.44. The summed E-state index contributed by atoms with van der Waals surface area (Å²) in [7, 11) is 0. The van der Waals surface area contributed by atoms with Gasteiger partial charge in [0.1, 0.15) is 0 Å². The zero-order valence-electron chi connectivity index (χ0n) is 8.36. The molecule has 0 aliphatic rings. The van der Waals surface area contributed by atoms with E-state index in [0.29, 0.717) is 12.5 Å². The van der Waals surface area contributed by atoms with Crippen LogP contribution in [0.5, 0.6) is 0 Å². The average Bonchev–Trinajstić information content (AvgIpc) is 2.02. The van der Waals surface area contributed by atoms with E-state index in [1.54, 1.807) is 0 Å². The van der Waals surface area contributed by atoms with Gasteiger partial charge in [0.25, 0.3) is 0 Å². The van der Waals surface area contributed by atoms with E-state index < -0.39 is 5.97 Å². The van der Waals surface area contributed by atoms with Crippen LogP contribution in [-0.2, 0) is 4.79 Å². The van der Waals surface area contributed by atoms with Gasteiger partial charge in [-0.3, -0.25) is 4.79 Å². The molecule has 0 aliphatic carbocycles. The predicted octanol–water partition coefficient (Wildman–Crippen LogP) is 1.64. The van der Waals surface area contributed by atoms with Crippen molar-refractivity contribution in [3.8, 4) is 0 Å². The van der Waals surface area contributed by atoms with E-state index in [4.69, 9.17) is 10.8 Å². The third-order valence-electron chi connectivity index (χ3n) is 2.02. The van der Waals surface area contributed by atoms with Crippen LogP contribution in [0.2, 0.25) is 0 Å². The van der Waals surface area contributed by atoms with Crippen LogP contribution in [0.4, 0.5) is 0 Å². The Labute approximate surface area is 79.6 Å². The van der Waals surface area contributed by atoms with Gasteiger partial charge in [-0.2, -0.15) is 0 Å². The molecule has 0 aromatic heterocycles. The van der Waals surface area contributed by atoms with Gasteiger partial charge in [-0.15, -0.1) is 0 Å². The Hall–Kier alpha value is -0.830. The number of carbonyl (C=O) groups is 1. The van der Waals surface area contributed by atoms with Gasteiger partial charge < -0.3 is 10.8 Å². The zero-order chi connectivity index (χ0) is 10.3. The molecule has 13 heavy (non-hydrogen) atoms. The molecule has 0 saturated carbocycles. The molecular formula is C10H19NO2. The van der Waals surface area contributed by atoms with Crippen LogP contribution < -0.4 is 5.73 Å². The fraction of sp³-hybridized carbons (Fsp3) is 0.700. The van der Waals surface area contributed by atoms with Gasteiger partial charge in [0.05, 0.1) is 0 Å². The lowest BCUT2D eigenvalue weighted by atomic mass is 9.93. The molecule has 0 heterocycles. The fourth-order valence-electron chi connectivity index (χ4n) is 1.44.